The molecule has 4 heteroatoms. The van der Waals surface area contributed by atoms with Gasteiger partial charge in [-0.3, -0.25) is 4.79 Å². The van der Waals surface area contributed by atoms with Crippen molar-refractivity contribution in [2.24, 2.45) is 0 Å². The number of carbonyl (C=O) groups excluding carboxylic acids is 1. The molecule has 0 saturated heterocycles. The molecule has 0 aliphatic carbocycles. The summed E-state index contributed by atoms with van der Waals surface area (Å²) in [6.45, 7) is 6.82. The van der Waals surface area contributed by atoms with E-state index in [0.717, 1.165) is 58.2 Å². The normalized spacial score (nSPS) is 11.0. The fourth-order valence-electron chi connectivity index (χ4n) is 2.71. The number of rotatable bonds is 18. The number of carbonyl (C=O) groups is 1. The highest BCUT2D eigenvalue weighted by molar-refractivity contribution is 5.75. The van der Waals surface area contributed by atoms with Crippen molar-refractivity contribution in [1.29, 1.82) is 0 Å². The lowest BCUT2D eigenvalue weighted by molar-refractivity contribution is -0.121. The molecule has 0 saturated carbocycles. The second-order valence-corrected chi connectivity index (χ2v) is 6.74. The molecule has 0 heterocycles. The Morgan fingerprint density at radius 2 is 1.58 bits per heavy atom. The number of allylic oxidation sites excluding steroid dienone is 1. The number of hydrogen-bond donors (Lipinski definition) is 2. The minimum atomic E-state index is 0.185. The summed E-state index contributed by atoms with van der Waals surface area (Å²) in [5.41, 5.74) is 0. The number of nitrogens with one attached hydrogen (secondary N) is 1. The van der Waals surface area contributed by atoms with Crippen LogP contribution < -0.4 is 5.32 Å². The number of likely N-dealkylation sites (N-methyl/N-ethyl adjacent to an activating group) is 1. The van der Waals surface area contributed by atoms with Crippen LogP contribution in [0.3, 0.4) is 0 Å². The summed E-state index contributed by atoms with van der Waals surface area (Å²) in [6.07, 6.45) is 15.3. The Balaban J connectivity index is 3.31. The van der Waals surface area contributed by atoms with Crippen molar-refractivity contribution in [3.05, 3.63) is 12.7 Å². The Hall–Kier alpha value is -0.870. The largest absolute Gasteiger partial charge is 0.396 e. The average molecular weight is 341 g/mol. The van der Waals surface area contributed by atoms with E-state index in [9.17, 15) is 4.79 Å². The van der Waals surface area contributed by atoms with Gasteiger partial charge in [0.2, 0.25) is 5.91 Å². The Morgan fingerprint density at radius 3 is 2.25 bits per heavy atom. The second-order valence-electron chi connectivity index (χ2n) is 6.74. The first-order valence-corrected chi connectivity index (χ1v) is 9.87. The SMILES string of the molecule is C=CCCCCCC(=O)NCCN(C)CCCCCCCCCO. The van der Waals surface area contributed by atoms with Gasteiger partial charge in [-0.1, -0.05) is 44.6 Å². The van der Waals surface area contributed by atoms with Crippen molar-refractivity contribution in [3.8, 4) is 0 Å². The fourth-order valence-corrected chi connectivity index (χ4v) is 2.71. The van der Waals surface area contributed by atoms with Crippen LogP contribution in [0.1, 0.15) is 77.0 Å². The van der Waals surface area contributed by atoms with E-state index in [4.69, 9.17) is 5.11 Å². The minimum Gasteiger partial charge on any atom is -0.396 e. The lowest BCUT2D eigenvalue weighted by Crippen LogP contribution is -2.33. The summed E-state index contributed by atoms with van der Waals surface area (Å²) in [4.78, 5) is 14.0. The van der Waals surface area contributed by atoms with Crippen LogP contribution in [0.4, 0.5) is 0 Å². The first-order valence-electron chi connectivity index (χ1n) is 9.87. The molecule has 0 aliphatic rings. The molecule has 0 aromatic rings. The molecule has 0 spiro atoms. The van der Waals surface area contributed by atoms with Gasteiger partial charge < -0.3 is 15.3 Å². The maximum Gasteiger partial charge on any atom is 0.220 e. The van der Waals surface area contributed by atoms with Gasteiger partial charge in [0.15, 0.2) is 0 Å². The van der Waals surface area contributed by atoms with E-state index in [1.807, 2.05) is 6.08 Å². The third kappa shape index (κ3) is 17.5. The zero-order valence-corrected chi connectivity index (χ0v) is 15.9. The smallest absolute Gasteiger partial charge is 0.220 e. The predicted octanol–water partition coefficient (Wildman–Crippen LogP) is 3.89. The maximum absolute atomic E-state index is 11.7. The van der Waals surface area contributed by atoms with Crippen LogP contribution in [0, 0.1) is 0 Å². The van der Waals surface area contributed by atoms with Gasteiger partial charge in [-0.15, -0.1) is 6.58 Å². The molecule has 0 unspecified atom stereocenters. The molecule has 142 valence electrons. The van der Waals surface area contributed by atoms with Gasteiger partial charge >= 0.3 is 0 Å². The first-order chi connectivity index (χ1) is 11.7. The molecule has 0 fully saturated rings. The summed E-state index contributed by atoms with van der Waals surface area (Å²) in [5.74, 6) is 0.185. The van der Waals surface area contributed by atoms with Gasteiger partial charge in [0.25, 0.3) is 0 Å². The number of amides is 1. The Kier molecular flexibility index (Phi) is 17.8. The van der Waals surface area contributed by atoms with E-state index < -0.39 is 0 Å². The summed E-state index contributed by atoms with van der Waals surface area (Å²) in [5, 5.41) is 11.7. The van der Waals surface area contributed by atoms with Gasteiger partial charge in [0.05, 0.1) is 0 Å². The molecule has 0 atom stereocenters. The highest BCUT2D eigenvalue weighted by atomic mass is 16.2. The summed E-state index contributed by atoms with van der Waals surface area (Å²) in [7, 11) is 2.13. The molecule has 24 heavy (non-hydrogen) atoms. The van der Waals surface area contributed by atoms with Crippen molar-refractivity contribution in [3.63, 3.8) is 0 Å². The molecule has 2 N–H and O–H groups in total. The van der Waals surface area contributed by atoms with E-state index in [-0.39, 0.29) is 5.91 Å². The molecule has 0 aromatic heterocycles. The Bertz CT molecular complexity index is 295. The standard InChI is InChI=1S/C20H40N2O2/c1-3-4-5-9-12-15-20(24)21-16-18-22(2)17-13-10-7-6-8-11-14-19-23/h3,23H,1,4-19H2,2H3,(H,21,24). The second kappa shape index (κ2) is 18.5. The minimum absolute atomic E-state index is 0.185. The van der Waals surface area contributed by atoms with E-state index in [1.165, 1.54) is 32.1 Å². The summed E-state index contributed by atoms with van der Waals surface area (Å²) < 4.78 is 0. The third-order valence-electron chi connectivity index (χ3n) is 4.33. The van der Waals surface area contributed by atoms with Crippen molar-refractivity contribution in [2.45, 2.75) is 77.0 Å². The van der Waals surface area contributed by atoms with Gasteiger partial charge in [0, 0.05) is 26.1 Å². The molecule has 0 aliphatic heterocycles. The van der Waals surface area contributed by atoms with Crippen molar-refractivity contribution in [1.82, 2.24) is 10.2 Å². The number of nitrogens with zero attached hydrogens (tertiary/aromatic N) is 1. The van der Waals surface area contributed by atoms with Crippen LogP contribution in [0.2, 0.25) is 0 Å². The Morgan fingerprint density at radius 1 is 0.958 bits per heavy atom. The van der Waals surface area contributed by atoms with Crippen LogP contribution in [-0.4, -0.2) is 49.2 Å². The molecule has 1 amide bonds. The highest BCUT2D eigenvalue weighted by Gasteiger charge is 2.02. The van der Waals surface area contributed by atoms with Crippen molar-refractivity contribution >= 4 is 5.91 Å². The zero-order valence-electron chi connectivity index (χ0n) is 15.9. The Labute approximate surface area is 149 Å². The molecule has 0 rings (SSSR count). The van der Waals surface area contributed by atoms with E-state index in [1.54, 1.807) is 0 Å². The monoisotopic (exact) mass is 340 g/mol. The highest BCUT2D eigenvalue weighted by Crippen LogP contribution is 2.07. The molecular formula is C20H40N2O2. The van der Waals surface area contributed by atoms with E-state index in [0.29, 0.717) is 13.0 Å². The lowest BCUT2D eigenvalue weighted by atomic mass is 10.1. The zero-order chi connectivity index (χ0) is 17.9. The lowest BCUT2D eigenvalue weighted by Gasteiger charge is -2.16. The number of unbranched alkanes of at least 4 members (excludes halogenated alkanes) is 9. The van der Waals surface area contributed by atoms with Gasteiger partial charge in [0.1, 0.15) is 0 Å². The quantitative estimate of drug-likeness (QED) is 0.294. The number of aliphatic hydroxyl groups is 1. The van der Waals surface area contributed by atoms with E-state index in [2.05, 4.69) is 23.8 Å². The van der Waals surface area contributed by atoms with Crippen LogP contribution in [-0.2, 0) is 4.79 Å². The van der Waals surface area contributed by atoms with Gasteiger partial charge in [-0.2, -0.15) is 0 Å². The molecule has 0 radical (unpaired) electrons. The van der Waals surface area contributed by atoms with Crippen LogP contribution in [0.15, 0.2) is 12.7 Å². The first kappa shape index (κ1) is 23.1. The van der Waals surface area contributed by atoms with Gasteiger partial charge in [-0.05, 0) is 45.7 Å². The molecular weight excluding hydrogens is 300 g/mol. The number of hydrogen-bond acceptors (Lipinski definition) is 3. The molecule has 4 nitrogen and oxygen atoms in total. The van der Waals surface area contributed by atoms with Gasteiger partial charge in [-0.25, -0.2) is 0 Å². The topological polar surface area (TPSA) is 52.6 Å². The van der Waals surface area contributed by atoms with E-state index >= 15 is 0 Å². The third-order valence-corrected chi connectivity index (χ3v) is 4.33. The van der Waals surface area contributed by atoms with Crippen LogP contribution >= 0.6 is 0 Å². The van der Waals surface area contributed by atoms with Crippen molar-refractivity contribution < 1.29 is 9.90 Å². The fraction of sp³-hybridized carbons (Fsp3) is 0.850. The predicted molar refractivity (Wildman–Crippen MR) is 103 cm³/mol. The molecule has 0 aromatic carbocycles. The van der Waals surface area contributed by atoms with Crippen molar-refractivity contribution in [2.75, 3.05) is 33.3 Å². The maximum atomic E-state index is 11.7. The summed E-state index contributed by atoms with van der Waals surface area (Å²) in [6, 6.07) is 0. The molecule has 0 bridgehead atoms. The average Bonchev–Trinajstić information content (AvgIpc) is 2.57. The summed E-state index contributed by atoms with van der Waals surface area (Å²) >= 11 is 0. The van der Waals surface area contributed by atoms with Crippen LogP contribution in [0.5, 0.6) is 0 Å². The number of aliphatic hydroxyl groups excluding tert-OH is 1. The van der Waals surface area contributed by atoms with Crippen LogP contribution in [0.25, 0.3) is 0 Å².